The first kappa shape index (κ1) is 19.8. The lowest BCUT2D eigenvalue weighted by molar-refractivity contribution is -0.134. The molecule has 3 rings (SSSR count). The normalized spacial score (nSPS) is 15.4. The second-order valence-corrected chi connectivity index (χ2v) is 7.43. The maximum absolute atomic E-state index is 13.1. The van der Waals surface area contributed by atoms with Gasteiger partial charge in [-0.1, -0.05) is 31.5 Å². The van der Waals surface area contributed by atoms with E-state index >= 15 is 0 Å². The lowest BCUT2D eigenvalue weighted by Gasteiger charge is -2.37. The van der Waals surface area contributed by atoms with Crippen LogP contribution >= 0.6 is 0 Å². The number of anilines is 1. The second-order valence-electron chi connectivity index (χ2n) is 7.43. The minimum atomic E-state index is -0.549. The van der Waals surface area contributed by atoms with E-state index in [-0.39, 0.29) is 17.7 Å². The van der Waals surface area contributed by atoms with Crippen LogP contribution in [0.5, 0.6) is 0 Å². The Labute approximate surface area is 165 Å². The summed E-state index contributed by atoms with van der Waals surface area (Å²) in [5.41, 5.74) is 1.59. The highest BCUT2D eigenvalue weighted by Gasteiger charge is 2.31. The number of benzene rings is 1. The Balaban J connectivity index is 1.63. The van der Waals surface area contributed by atoms with E-state index in [9.17, 15) is 9.59 Å². The summed E-state index contributed by atoms with van der Waals surface area (Å²) in [7, 11) is 0. The highest BCUT2D eigenvalue weighted by molar-refractivity contribution is 5.97. The highest BCUT2D eigenvalue weighted by atomic mass is 16.2. The molecule has 0 aliphatic carbocycles. The molecule has 0 spiro atoms. The zero-order valence-electron chi connectivity index (χ0n) is 16.6. The lowest BCUT2D eigenvalue weighted by Crippen LogP contribution is -2.56. The van der Waals surface area contributed by atoms with E-state index in [2.05, 4.69) is 20.2 Å². The van der Waals surface area contributed by atoms with Gasteiger partial charge in [0.1, 0.15) is 6.04 Å². The molecule has 1 aromatic heterocycles. The zero-order chi connectivity index (χ0) is 20.1. The van der Waals surface area contributed by atoms with Gasteiger partial charge in [-0.15, -0.1) is 0 Å². The standard InChI is InChI=1S/C21H27N5O2/c1-15(2)18(24-19(27)17-7-4-6-16(3)14-17)20(28)25-10-12-26(13-11-25)21-22-8-5-9-23-21/h4-9,14-15,18H,10-13H2,1-3H3,(H,24,27). The van der Waals surface area contributed by atoms with E-state index < -0.39 is 6.04 Å². The molecule has 1 atom stereocenters. The Morgan fingerprint density at radius 3 is 2.32 bits per heavy atom. The number of carbonyl (C=O) groups excluding carboxylic acids is 2. The average Bonchev–Trinajstić information content (AvgIpc) is 2.72. The van der Waals surface area contributed by atoms with Gasteiger partial charge >= 0.3 is 0 Å². The monoisotopic (exact) mass is 381 g/mol. The van der Waals surface area contributed by atoms with Crippen LogP contribution in [0, 0.1) is 12.8 Å². The van der Waals surface area contributed by atoms with Gasteiger partial charge in [-0.2, -0.15) is 0 Å². The number of rotatable bonds is 5. The molecule has 148 valence electrons. The van der Waals surface area contributed by atoms with Crippen LogP contribution < -0.4 is 10.2 Å². The molecule has 7 nitrogen and oxygen atoms in total. The van der Waals surface area contributed by atoms with Crippen LogP contribution in [0.1, 0.15) is 29.8 Å². The number of hydrogen-bond donors (Lipinski definition) is 1. The van der Waals surface area contributed by atoms with Gasteiger partial charge in [-0.25, -0.2) is 9.97 Å². The molecule has 2 aromatic rings. The molecule has 2 amide bonds. The zero-order valence-corrected chi connectivity index (χ0v) is 16.6. The van der Waals surface area contributed by atoms with Gasteiger partial charge in [0, 0.05) is 44.1 Å². The molecular formula is C21H27N5O2. The Kier molecular flexibility index (Phi) is 6.23. The minimum Gasteiger partial charge on any atom is -0.340 e. The molecule has 7 heteroatoms. The molecule has 0 radical (unpaired) electrons. The fourth-order valence-electron chi connectivity index (χ4n) is 3.30. The Morgan fingerprint density at radius 2 is 1.71 bits per heavy atom. The average molecular weight is 381 g/mol. The highest BCUT2D eigenvalue weighted by Crippen LogP contribution is 2.14. The van der Waals surface area contributed by atoms with Crippen LogP contribution in [-0.2, 0) is 4.79 Å². The molecule has 1 fully saturated rings. The number of aromatic nitrogens is 2. The lowest BCUT2D eigenvalue weighted by atomic mass is 10.0. The van der Waals surface area contributed by atoms with Crippen molar-refractivity contribution in [3.8, 4) is 0 Å². The topological polar surface area (TPSA) is 78.4 Å². The quantitative estimate of drug-likeness (QED) is 0.856. The molecule has 1 aliphatic heterocycles. The summed E-state index contributed by atoms with van der Waals surface area (Å²) >= 11 is 0. The molecule has 2 heterocycles. The van der Waals surface area contributed by atoms with E-state index in [1.807, 2.05) is 43.9 Å². The number of amides is 2. The summed E-state index contributed by atoms with van der Waals surface area (Å²) in [6.45, 7) is 8.36. The molecule has 1 aromatic carbocycles. The van der Waals surface area contributed by atoms with Crippen LogP contribution in [0.25, 0.3) is 0 Å². The third-order valence-corrected chi connectivity index (χ3v) is 4.93. The number of carbonyl (C=O) groups is 2. The van der Waals surface area contributed by atoms with Crippen molar-refractivity contribution in [2.75, 3.05) is 31.1 Å². The van der Waals surface area contributed by atoms with Crippen LogP contribution in [0.3, 0.4) is 0 Å². The summed E-state index contributed by atoms with van der Waals surface area (Å²) in [4.78, 5) is 38.1. The van der Waals surface area contributed by atoms with Crippen molar-refractivity contribution in [1.29, 1.82) is 0 Å². The van der Waals surface area contributed by atoms with Crippen LogP contribution in [0.15, 0.2) is 42.7 Å². The van der Waals surface area contributed by atoms with Crippen LogP contribution in [-0.4, -0.2) is 58.9 Å². The number of nitrogens with one attached hydrogen (secondary N) is 1. The fraction of sp³-hybridized carbons (Fsp3) is 0.429. The first-order chi connectivity index (χ1) is 13.5. The minimum absolute atomic E-state index is 0.00301. The molecule has 28 heavy (non-hydrogen) atoms. The van der Waals surface area contributed by atoms with Crippen molar-refractivity contribution in [3.05, 3.63) is 53.9 Å². The van der Waals surface area contributed by atoms with Crippen molar-refractivity contribution >= 4 is 17.8 Å². The molecule has 0 bridgehead atoms. The van der Waals surface area contributed by atoms with Crippen LogP contribution in [0.2, 0.25) is 0 Å². The first-order valence-corrected chi connectivity index (χ1v) is 9.64. The summed E-state index contributed by atoms with van der Waals surface area (Å²) < 4.78 is 0. The number of aryl methyl sites for hydroxylation is 1. The third kappa shape index (κ3) is 4.65. The largest absolute Gasteiger partial charge is 0.340 e. The van der Waals surface area contributed by atoms with E-state index in [4.69, 9.17) is 0 Å². The van der Waals surface area contributed by atoms with Crippen molar-refractivity contribution in [2.45, 2.75) is 26.8 Å². The van der Waals surface area contributed by atoms with Crippen molar-refractivity contribution in [1.82, 2.24) is 20.2 Å². The predicted molar refractivity (Wildman–Crippen MR) is 108 cm³/mol. The van der Waals surface area contributed by atoms with Gasteiger partial charge in [0.2, 0.25) is 11.9 Å². The van der Waals surface area contributed by atoms with Crippen molar-refractivity contribution in [2.24, 2.45) is 5.92 Å². The number of piperazine rings is 1. The molecule has 0 saturated carbocycles. The molecular weight excluding hydrogens is 354 g/mol. The van der Waals surface area contributed by atoms with E-state index in [0.29, 0.717) is 37.7 Å². The molecule has 1 aliphatic rings. The second kappa shape index (κ2) is 8.82. The van der Waals surface area contributed by atoms with Gasteiger partial charge in [0.05, 0.1) is 0 Å². The summed E-state index contributed by atoms with van der Waals surface area (Å²) in [5, 5.41) is 2.93. The van der Waals surface area contributed by atoms with E-state index in [1.54, 1.807) is 24.5 Å². The van der Waals surface area contributed by atoms with Crippen LogP contribution in [0.4, 0.5) is 5.95 Å². The van der Waals surface area contributed by atoms with Crippen molar-refractivity contribution < 1.29 is 9.59 Å². The molecule has 1 unspecified atom stereocenters. The summed E-state index contributed by atoms with van der Waals surface area (Å²) in [6.07, 6.45) is 3.44. The number of nitrogens with zero attached hydrogens (tertiary/aromatic N) is 4. The Morgan fingerprint density at radius 1 is 1.04 bits per heavy atom. The molecule has 1 N–H and O–H groups in total. The van der Waals surface area contributed by atoms with Gasteiger partial charge < -0.3 is 15.1 Å². The van der Waals surface area contributed by atoms with Gasteiger partial charge in [-0.3, -0.25) is 9.59 Å². The number of hydrogen-bond acceptors (Lipinski definition) is 5. The van der Waals surface area contributed by atoms with Gasteiger partial charge in [-0.05, 0) is 31.0 Å². The smallest absolute Gasteiger partial charge is 0.251 e. The van der Waals surface area contributed by atoms with Gasteiger partial charge in [0.15, 0.2) is 0 Å². The summed E-state index contributed by atoms with van der Waals surface area (Å²) in [5.74, 6) is 0.427. The van der Waals surface area contributed by atoms with Crippen molar-refractivity contribution in [3.63, 3.8) is 0 Å². The van der Waals surface area contributed by atoms with E-state index in [0.717, 1.165) is 5.56 Å². The maximum atomic E-state index is 13.1. The van der Waals surface area contributed by atoms with E-state index in [1.165, 1.54) is 0 Å². The molecule has 1 saturated heterocycles. The predicted octanol–water partition coefficient (Wildman–Crippen LogP) is 1.89. The fourth-order valence-corrected chi connectivity index (χ4v) is 3.30. The Hall–Kier alpha value is -2.96. The summed E-state index contributed by atoms with van der Waals surface area (Å²) in [6, 6.07) is 8.62. The third-order valence-electron chi connectivity index (χ3n) is 4.93. The Bertz CT molecular complexity index is 817. The van der Waals surface area contributed by atoms with Gasteiger partial charge in [0.25, 0.3) is 5.91 Å². The SMILES string of the molecule is Cc1cccc(C(=O)NC(C(=O)N2CCN(c3ncccn3)CC2)C(C)C)c1. The first-order valence-electron chi connectivity index (χ1n) is 9.64. The maximum Gasteiger partial charge on any atom is 0.251 e.